The molecule has 21 heavy (non-hydrogen) atoms. The minimum Gasteiger partial charge on any atom is -0.491 e. The second-order valence-electron chi connectivity index (χ2n) is 4.59. The summed E-state index contributed by atoms with van der Waals surface area (Å²) in [6, 6.07) is 13.7. The molecular formula is C16H20N2O3. The molecule has 0 unspecified atom stereocenters. The van der Waals surface area contributed by atoms with Gasteiger partial charge in [-0.1, -0.05) is 36.4 Å². The number of aliphatic hydroxyl groups is 1. The topological polar surface area (TPSA) is 70.6 Å². The number of hydrogen-bond donors (Lipinski definition) is 3. The van der Waals surface area contributed by atoms with Crippen LogP contribution in [0.5, 0.6) is 5.75 Å². The molecule has 0 fully saturated rings. The first-order valence-electron chi connectivity index (χ1n) is 7.04. The van der Waals surface area contributed by atoms with Crippen LogP contribution in [0.2, 0.25) is 0 Å². The summed E-state index contributed by atoms with van der Waals surface area (Å²) in [5.41, 5.74) is 0. The molecule has 0 aromatic heterocycles. The minimum atomic E-state index is -0.245. The smallest absolute Gasteiger partial charge is 0.314 e. The molecule has 2 amide bonds. The molecule has 0 radical (unpaired) electrons. The highest BCUT2D eigenvalue weighted by atomic mass is 16.5. The number of fused-ring (bicyclic) bond motifs is 1. The predicted molar refractivity (Wildman–Crippen MR) is 82.5 cm³/mol. The van der Waals surface area contributed by atoms with Crippen molar-refractivity contribution in [2.75, 3.05) is 26.3 Å². The van der Waals surface area contributed by atoms with E-state index in [-0.39, 0.29) is 12.6 Å². The van der Waals surface area contributed by atoms with Gasteiger partial charge in [-0.2, -0.15) is 0 Å². The van der Waals surface area contributed by atoms with E-state index in [0.717, 1.165) is 16.5 Å². The zero-order chi connectivity index (χ0) is 14.9. The van der Waals surface area contributed by atoms with Crippen molar-refractivity contribution >= 4 is 16.8 Å². The number of urea groups is 1. The van der Waals surface area contributed by atoms with Gasteiger partial charge in [0.1, 0.15) is 12.4 Å². The average molecular weight is 288 g/mol. The van der Waals surface area contributed by atoms with Crippen molar-refractivity contribution in [2.45, 2.75) is 6.42 Å². The lowest BCUT2D eigenvalue weighted by Crippen LogP contribution is -2.38. The number of ether oxygens (including phenoxy) is 1. The molecule has 2 aromatic carbocycles. The van der Waals surface area contributed by atoms with Gasteiger partial charge in [-0.3, -0.25) is 0 Å². The molecule has 0 spiro atoms. The fourth-order valence-corrected chi connectivity index (χ4v) is 1.99. The van der Waals surface area contributed by atoms with Crippen LogP contribution in [0.15, 0.2) is 42.5 Å². The van der Waals surface area contributed by atoms with Crippen molar-refractivity contribution in [2.24, 2.45) is 0 Å². The van der Waals surface area contributed by atoms with E-state index in [1.165, 1.54) is 0 Å². The number of hydrogen-bond acceptors (Lipinski definition) is 3. The van der Waals surface area contributed by atoms with Gasteiger partial charge in [0.15, 0.2) is 0 Å². The first-order chi connectivity index (χ1) is 10.3. The number of amides is 2. The highest BCUT2D eigenvalue weighted by Gasteiger charge is 2.02. The molecule has 0 aliphatic carbocycles. The van der Waals surface area contributed by atoms with Gasteiger partial charge >= 0.3 is 6.03 Å². The molecule has 0 saturated heterocycles. The molecule has 2 rings (SSSR count). The fraction of sp³-hybridized carbons (Fsp3) is 0.312. The zero-order valence-corrected chi connectivity index (χ0v) is 11.8. The average Bonchev–Trinajstić information content (AvgIpc) is 2.52. The molecule has 5 nitrogen and oxygen atoms in total. The Hall–Kier alpha value is -2.27. The van der Waals surface area contributed by atoms with Gasteiger partial charge in [-0.25, -0.2) is 4.79 Å². The Morgan fingerprint density at radius 2 is 1.81 bits per heavy atom. The summed E-state index contributed by atoms with van der Waals surface area (Å²) >= 11 is 0. The summed E-state index contributed by atoms with van der Waals surface area (Å²) in [4.78, 5) is 11.4. The molecule has 0 aliphatic rings. The number of benzene rings is 2. The molecule has 0 heterocycles. The predicted octanol–water partition coefficient (Wildman–Crippen LogP) is 1.90. The largest absolute Gasteiger partial charge is 0.491 e. The molecule has 0 atom stereocenters. The summed E-state index contributed by atoms with van der Waals surface area (Å²) in [6.07, 6.45) is 0.555. The van der Waals surface area contributed by atoms with Gasteiger partial charge < -0.3 is 20.5 Å². The molecule has 112 valence electrons. The maximum Gasteiger partial charge on any atom is 0.314 e. The van der Waals surface area contributed by atoms with Gasteiger partial charge in [-0.05, 0) is 17.9 Å². The van der Waals surface area contributed by atoms with E-state index in [4.69, 9.17) is 9.84 Å². The first kappa shape index (κ1) is 15.1. The highest BCUT2D eigenvalue weighted by Crippen LogP contribution is 2.24. The van der Waals surface area contributed by atoms with Crippen molar-refractivity contribution in [3.05, 3.63) is 42.5 Å². The lowest BCUT2D eigenvalue weighted by molar-refractivity contribution is 0.234. The third-order valence-electron chi connectivity index (χ3n) is 3.02. The van der Waals surface area contributed by atoms with Crippen LogP contribution in [0.4, 0.5) is 4.79 Å². The van der Waals surface area contributed by atoms with E-state index in [2.05, 4.69) is 10.6 Å². The summed E-state index contributed by atoms with van der Waals surface area (Å²) in [5.74, 6) is 0.815. The van der Waals surface area contributed by atoms with Crippen molar-refractivity contribution in [3.63, 3.8) is 0 Å². The Balaban J connectivity index is 1.76. The van der Waals surface area contributed by atoms with Crippen LogP contribution < -0.4 is 15.4 Å². The monoisotopic (exact) mass is 288 g/mol. The second kappa shape index (κ2) is 8.11. The Kier molecular flexibility index (Phi) is 5.84. The van der Waals surface area contributed by atoms with E-state index in [9.17, 15) is 4.79 Å². The second-order valence-corrected chi connectivity index (χ2v) is 4.59. The first-order valence-corrected chi connectivity index (χ1v) is 7.04. The molecular weight excluding hydrogens is 268 g/mol. The molecule has 2 aromatic rings. The maximum absolute atomic E-state index is 11.4. The van der Waals surface area contributed by atoms with Crippen molar-refractivity contribution in [1.82, 2.24) is 10.6 Å². The van der Waals surface area contributed by atoms with Crippen LogP contribution in [0, 0.1) is 0 Å². The molecule has 0 saturated carbocycles. The lowest BCUT2D eigenvalue weighted by Gasteiger charge is -2.10. The Morgan fingerprint density at radius 3 is 2.67 bits per heavy atom. The normalized spacial score (nSPS) is 10.3. The van der Waals surface area contributed by atoms with Gasteiger partial charge in [0, 0.05) is 18.5 Å². The maximum atomic E-state index is 11.4. The van der Waals surface area contributed by atoms with Crippen molar-refractivity contribution < 1.29 is 14.6 Å². The zero-order valence-electron chi connectivity index (χ0n) is 11.8. The third kappa shape index (κ3) is 4.65. The standard InChI is InChI=1S/C16H20N2O3/c19-11-4-9-17-16(20)18-10-12-21-15-8-3-6-13-5-1-2-7-14(13)15/h1-3,5-8,19H,4,9-12H2,(H2,17,18,20). The van der Waals surface area contributed by atoms with Crippen molar-refractivity contribution in [3.8, 4) is 5.75 Å². The van der Waals surface area contributed by atoms with E-state index in [0.29, 0.717) is 26.1 Å². The number of carbonyl (C=O) groups is 1. The molecule has 3 N–H and O–H groups in total. The van der Waals surface area contributed by atoms with E-state index in [1.807, 2.05) is 42.5 Å². The van der Waals surface area contributed by atoms with E-state index in [1.54, 1.807) is 0 Å². The van der Waals surface area contributed by atoms with Gasteiger partial charge in [0.25, 0.3) is 0 Å². The van der Waals surface area contributed by atoms with Crippen LogP contribution in [-0.2, 0) is 0 Å². The molecule has 0 aliphatic heterocycles. The quantitative estimate of drug-likeness (QED) is 0.681. The summed E-state index contributed by atoms with van der Waals surface area (Å²) in [7, 11) is 0. The minimum absolute atomic E-state index is 0.0739. The summed E-state index contributed by atoms with van der Waals surface area (Å²) in [6.45, 7) is 1.37. The number of aliphatic hydroxyl groups excluding tert-OH is 1. The Bertz CT molecular complexity index is 581. The van der Waals surface area contributed by atoms with Crippen LogP contribution in [0.3, 0.4) is 0 Å². The van der Waals surface area contributed by atoms with Gasteiger partial charge in [0.05, 0.1) is 6.54 Å². The summed E-state index contributed by atoms with van der Waals surface area (Å²) in [5, 5.41) is 16.2. The Morgan fingerprint density at radius 1 is 1.05 bits per heavy atom. The number of nitrogens with one attached hydrogen (secondary N) is 2. The fourth-order valence-electron chi connectivity index (χ4n) is 1.99. The highest BCUT2D eigenvalue weighted by molar-refractivity contribution is 5.88. The SMILES string of the molecule is O=C(NCCCO)NCCOc1cccc2ccccc12. The van der Waals surface area contributed by atoms with Crippen LogP contribution >= 0.6 is 0 Å². The number of rotatable bonds is 7. The third-order valence-corrected chi connectivity index (χ3v) is 3.02. The van der Waals surface area contributed by atoms with Crippen molar-refractivity contribution in [1.29, 1.82) is 0 Å². The molecule has 5 heteroatoms. The lowest BCUT2D eigenvalue weighted by atomic mass is 10.1. The summed E-state index contributed by atoms with van der Waals surface area (Å²) < 4.78 is 5.71. The van der Waals surface area contributed by atoms with Gasteiger partial charge in [0.2, 0.25) is 0 Å². The van der Waals surface area contributed by atoms with Crippen LogP contribution in [-0.4, -0.2) is 37.4 Å². The molecule has 0 bridgehead atoms. The Labute approximate surface area is 123 Å². The number of carbonyl (C=O) groups excluding carboxylic acids is 1. The van der Waals surface area contributed by atoms with E-state index >= 15 is 0 Å². The van der Waals surface area contributed by atoms with Crippen LogP contribution in [0.25, 0.3) is 10.8 Å². The van der Waals surface area contributed by atoms with Gasteiger partial charge in [-0.15, -0.1) is 0 Å². The van der Waals surface area contributed by atoms with E-state index < -0.39 is 0 Å². The van der Waals surface area contributed by atoms with Crippen LogP contribution in [0.1, 0.15) is 6.42 Å².